The molecule has 9 heteroatoms. The van der Waals surface area contributed by atoms with Crippen LogP contribution in [0.15, 0.2) is 46.9 Å². The molecule has 5 nitrogen and oxygen atoms in total. The zero-order valence-electron chi connectivity index (χ0n) is 13.1. The summed E-state index contributed by atoms with van der Waals surface area (Å²) in [5, 5.41) is 0. The Labute approximate surface area is 154 Å². The lowest BCUT2D eigenvalue weighted by Gasteiger charge is -2.34. The largest absolute Gasteiger partial charge is 0.436 e. The minimum Gasteiger partial charge on any atom is -0.436 e. The maximum atomic E-state index is 12.8. The summed E-state index contributed by atoms with van der Waals surface area (Å²) in [4.78, 5) is 25.1. The highest BCUT2D eigenvalue weighted by Crippen LogP contribution is 2.39. The van der Waals surface area contributed by atoms with Crippen LogP contribution >= 0.6 is 15.9 Å². The van der Waals surface area contributed by atoms with Crippen molar-refractivity contribution in [2.45, 2.75) is 18.7 Å². The number of anilines is 2. The van der Waals surface area contributed by atoms with Gasteiger partial charge in [0.2, 0.25) is 0 Å². The number of hydrogen-bond acceptors (Lipinski definition) is 3. The van der Waals surface area contributed by atoms with Crippen LogP contribution in [0.3, 0.4) is 0 Å². The molecular formula is C17H12BrF3N2O3. The number of alkyl halides is 3. The predicted octanol–water partition coefficient (Wildman–Crippen LogP) is 4.15. The van der Waals surface area contributed by atoms with Crippen molar-refractivity contribution in [3.05, 3.63) is 58.1 Å². The van der Waals surface area contributed by atoms with Crippen LogP contribution < -0.4 is 10.6 Å². The Morgan fingerprint density at radius 3 is 2.42 bits per heavy atom. The summed E-state index contributed by atoms with van der Waals surface area (Å²) in [5.74, 6) is -0.589. The minimum absolute atomic E-state index is 0.107. The molecule has 2 N–H and O–H groups in total. The van der Waals surface area contributed by atoms with Crippen LogP contribution in [0.2, 0.25) is 0 Å². The molecule has 3 rings (SSSR count). The zero-order valence-corrected chi connectivity index (χ0v) is 14.7. The van der Waals surface area contributed by atoms with Gasteiger partial charge in [0.05, 0.1) is 11.3 Å². The fourth-order valence-electron chi connectivity index (χ4n) is 2.79. The molecule has 1 aliphatic heterocycles. The van der Waals surface area contributed by atoms with E-state index >= 15 is 0 Å². The van der Waals surface area contributed by atoms with Crippen LogP contribution in [0.5, 0.6) is 0 Å². The van der Waals surface area contributed by atoms with Gasteiger partial charge in [-0.05, 0) is 42.0 Å². The van der Waals surface area contributed by atoms with E-state index < -0.39 is 29.8 Å². The first-order valence-electron chi connectivity index (χ1n) is 7.43. The number of carbonyl (C=O) groups excluding carboxylic acids is 2. The number of benzene rings is 2. The van der Waals surface area contributed by atoms with E-state index in [0.29, 0.717) is 15.7 Å². The molecule has 0 saturated carbocycles. The summed E-state index contributed by atoms with van der Waals surface area (Å²) in [6.07, 6.45) is -6.65. The Morgan fingerprint density at radius 2 is 1.85 bits per heavy atom. The summed E-state index contributed by atoms with van der Waals surface area (Å²) >= 11 is 3.37. The normalized spacial score (nSPS) is 17.0. The number of amides is 2. The van der Waals surface area contributed by atoms with E-state index in [2.05, 4.69) is 15.9 Å². The van der Waals surface area contributed by atoms with Crippen molar-refractivity contribution in [2.75, 3.05) is 4.90 Å². The van der Waals surface area contributed by atoms with E-state index in [-0.39, 0.29) is 12.1 Å². The standard InChI is InChI=1S/C17H12BrF3N2O3/c18-12-2-1-3-13-11(12)8-14(26-16(22)25)15(24)23(13)10-6-4-9(5-7-10)17(19,20)21/h1-7,14H,8H2,(H2,22,25). The molecule has 0 aromatic heterocycles. The third-order valence-corrected chi connectivity index (χ3v) is 4.67. The number of primary amides is 1. The Kier molecular flexibility index (Phi) is 4.66. The van der Waals surface area contributed by atoms with Gasteiger partial charge >= 0.3 is 12.3 Å². The summed E-state index contributed by atoms with van der Waals surface area (Å²) in [6.45, 7) is 0. The number of nitrogens with two attached hydrogens (primary N) is 1. The van der Waals surface area contributed by atoms with E-state index in [0.717, 1.165) is 12.1 Å². The van der Waals surface area contributed by atoms with Crippen molar-refractivity contribution in [2.24, 2.45) is 5.73 Å². The van der Waals surface area contributed by atoms with Gasteiger partial charge in [-0.25, -0.2) is 4.79 Å². The summed E-state index contributed by atoms with van der Waals surface area (Å²) < 4.78 is 43.9. The van der Waals surface area contributed by atoms with Crippen LogP contribution in [0.1, 0.15) is 11.1 Å². The maximum Gasteiger partial charge on any atom is 0.416 e. The smallest absolute Gasteiger partial charge is 0.416 e. The van der Waals surface area contributed by atoms with Gasteiger partial charge in [-0.2, -0.15) is 13.2 Å². The fraction of sp³-hybridized carbons (Fsp3) is 0.176. The van der Waals surface area contributed by atoms with E-state index in [4.69, 9.17) is 10.5 Å². The number of nitrogens with zero attached hydrogens (tertiary/aromatic N) is 1. The number of rotatable bonds is 2. The molecule has 2 amide bonds. The average Bonchev–Trinajstić information content (AvgIpc) is 2.55. The molecule has 2 aromatic carbocycles. The number of ether oxygens (including phenoxy) is 1. The minimum atomic E-state index is -4.48. The third kappa shape index (κ3) is 3.39. The molecule has 1 unspecified atom stereocenters. The first-order chi connectivity index (χ1) is 12.2. The van der Waals surface area contributed by atoms with Crippen molar-refractivity contribution >= 4 is 39.3 Å². The van der Waals surface area contributed by atoms with Gasteiger partial charge in [0, 0.05) is 16.6 Å². The Balaban J connectivity index is 2.08. The number of fused-ring (bicyclic) bond motifs is 1. The zero-order chi connectivity index (χ0) is 19.1. The van der Waals surface area contributed by atoms with Crippen molar-refractivity contribution < 1.29 is 27.5 Å². The number of hydrogen-bond donors (Lipinski definition) is 1. The molecule has 2 aromatic rings. The molecule has 0 radical (unpaired) electrons. The molecule has 0 fully saturated rings. The van der Waals surface area contributed by atoms with Gasteiger partial charge in [-0.3, -0.25) is 9.69 Å². The molecule has 0 spiro atoms. The summed E-state index contributed by atoms with van der Waals surface area (Å²) in [7, 11) is 0. The molecule has 0 saturated heterocycles. The van der Waals surface area contributed by atoms with Crippen molar-refractivity contribution in [3.63, 3.8) is 0 Å². The van der Waals surface area contributed by atoms with Gasteiger partial charge in [0.15, 0.2) is 6.10 Å². The van der Waals surface area contributed by atoms with Gasteiger partial charge in [0.1, 0.15) is 0 Å². The van der Waals surface area contributed by atoms with Crippen LogP contribution in [0.4, 0.5) is 29.3 Å². The van der Waals surface area contributed by atoms with Gasteiger partial charge in [-0.1, -0.05) is 22.0 Å². The highest BCUT2D eigenvalue weighted by atomic mass is 79.9. The van der Waals surface area contributed by atoms with Crippen molar-refractivity contribution in [3.8, 4) is 0 Å². The second kappa shape index (κ2) is 6.64. The van der Waals surface area contributed by atoms with Crippen molar-refractivity contribution in [1.29, 1.82) is 0 Å². The average molecular weight is 429 g/mol. The predicted molar refractivity (Wildman–Crippen MR) is 90.9 cm³/mol. The van der Waals surface area contributed by atoms with Crippen molar-refractivity contribution in [1.82, 2.24) is 0 Å². The second-order valence-electron chi connectivity index (χ2n) is 5.59. The first-order valence-corrected chi connectivity index (χ1v) is 8.22. The SMILES string of the molecule is NC(=O)OC1Cc2c(Br)cccc2N(c2ccc(C(F)(F)F)cc2)C1=O. The molecule has 26 heavy (non-hydrogen) atoms. The molecule has 0 aliphatic carbocycles. The quantitative estimate of drug-likeness (QED) is 0.780. The second-order valence-corrected chi connectivity index (χ2v) is 6.44. The van der Waals surface area contributed by atoms with E-state index in [1.807, 2.05) is 0 Å². The van der Waals surface area contributed by atoms with Gasteiger partial charge in [0.25, 0.3) is 5.91 Å². The van der Waals surface area contributed by atoms with E-state index in [1.54, 1.807) is 18.2 Å². The van der Waals surface area contributed by atoms with E-state index in [9.17, 15) is 22.8 Å². The highest BCUT2D eigenvalue weighted by molar-refractivity contribution is 9.10. The van der Waals surface area contributed by atoms with Crippen LogP contribution in [0.25, 0.3) is 0 Å². The van der Waals surface area contributed by atoms with Gasteiger partial charge in [-0.15, -0.1) is 0 Å². The fourth-order valence-corrected chi connectivity index (χ4v) is 3.31. The molecule has 0 bridgehead atoms. The first kappa shape index (κ1) is 18.2. The van der Waals surface area contributed by atoms with Crippen LogP contribution in [0, 0.1) is 0 Å². The Hall–Kier alpha value is -2.55. The Bertz CT molecular complexity index is 869. The number of halogens is 4. The lowest BCUT2D eigenvalue weighted by Crippen LogP contribution is -2.45. The Morgan fingerprint density at radius 1 is 1.19 bits per heavy atom. The number of carbonyl (C=O) groups is 2. The van der Waals surface area contributed by atoms with Crippen LogP contribution in [-0.2, 0) is 22.1 Å². The lowest BCUT2D eigenvalue weighted by molar-refractivity contribution is -0.137. The van der Waals surface area contributed by atoms with Gasteiger partial charge < -0.3 is 10.5 Å². The molecule has 1 atom stereocenters. The molecular weight excluding hydrogens is 417 g/mol. The summed E-state index contributed by atoms with van der Waals surface area (Å²) in [5.41, 5.74) is 5.59. The summed E-state index contributed by atoms with van der Waals surface area (Å²) in [6, 6.07) is 9.27. The molecule has 1 aliphatic rings. The third-order valence-electron chi connectivity index (χ3n) is 3.93. The molecule has 1 heterocycles. The monoisotopic (exact) mass is 428 g/mol. The van der Waals surface area contributed by atoms with E-state index in [1.165, 1.54) is 17.0 Å². The van der Waals surface area contributed by atoms with Crippen LogP contribution in [-0.4, -0.2) is 18.1 Å². The lowest BCUT2D eigenvalue weighted by atomic mass is 9.98. The maximum absolute atomic E-state index is 12.8. The topological polar surface area (TPSA) is 72.6 Å². The molecule has 136 valence electrons. The highest BCUT2D eigenvalue weighted by Gasteiger charge is 2.37.